The molecule has 0 heterocycles. The summed E-state index contributed by atoms with van der Waals surface area (Å²) in [5.41, 5.74) is 22.5. The van der Waals surface area contributed by atoms with E-state index in [0.29, 0.717) is 37.9 Å². The standard InChI is InChI=1S/C26H43N9O7S/c27-10-2-1-5-18(33-21(37)13-32-22(38)17(28)4-3-11-31-26(29)30)23(39)34-19(12-15-6-8-16(36)9-7-15)24(40)35-20(14-43)25(41)42/h6-9,17-20,36,43H,1-5,10-14,27-28H2,(H,32,38)(H,33,37)(H,34,39)(H,35,40)(H,41,42)(H4,29,30,31). The van der Waals surface area contributed by atoms with Gasteiger partial charge in [0.15, 0.2) is 5.96 Å². The fourth-order valence-corrected chi connectivity index (χ4v) is 4.01. The Morgan fingerprint density at radius 3 is 2.07 bits per heavy atom. The highest BCUT2D eigenvalue weighted by Gasteiger charge is 2.29. The van der Waals surface area contributed by atoms with Crippen molar-refractivity contribution in [3.8, 4) is 5.75 Å². The number of phenols is 1. The van der Waals surface area contributed by atoms with E-state index in [4.69, 9.17) is 22.9 Å². The number of carboxylic acids is 1. The maximum atomic E-state index is 13.3. The van der Waals surface area contributed by atoms with Gasteiger partial charge in [0.1, 0.15) is 23.9 Å². The number of carbonyl (C=O) groups excluding carboxylic acids is 4. The lowest BCUT2D eigenvalue weighted by Crippen LogP contribution is -2.57. The number of hydrogen-bond acceptors (Lipinski definition) is 10. The molecule has 4 unspecified atom stereocenters. The number of hydrogen-bond donors (Lipinski definition) is 11. The zero-order valence-electron chi connectivity index (χ0n) is 23.8. The van der Waals surface area contributed by atoms with Crippen molar-refractivity contribution in [2.75, 3.05) is 25.4 Å². The SMILES string of the molecule is NCCCCC(NC(=O)CNC(=O)C(N)CCCN=C(N)N)C(=O)NC(Cc1ccc(O)cc1)C(=O)NC(CS)C(=O)O. The lowest BCUT2D eigenvalue weighted by molar-refractivity contribution is -0.141. The predicted octanol–water partition coefficient (Wildman–Crippen LogP) is -2.97. The molecule has 4 atom stereocenters. The van der Waals surface area contributed by atoms with Crippen LogP contribution in [0.15, 0.2) is 29.3 Å². The number of rotatable bonds is 20. The zero-order valence-corrected chi connectivity index (χ0v) is 24.7. The van der Waals surface area contributed by atoms with E-state index in [1.807, 2.05) is 0 Å². The van der Waals surface area contributed by atoms with Crippen LogP contribution in [0.3, 0.4) is 0 Å². The summed E-state index contributed by atoms with van der Waals surface area (Å²) >= 11 is 3.95. The molecular formula is C26H43N9O7S. The van der Waals surface area contributed by atoms with Gasteiger partial charge in [0.05, 0.1) is 12.6 Å². The highest BCUT2D eigenvalue weighted by Crippen LogP contribution is 2.12. The van der Waals surface area contributed by atoms with E-state index in [9.17, 15) is 34.2 Å². The molecule has 17 heteroatoms. The summed E-state index contributed by atoms with van der Waals surface area (Å²) in [6.07, 6.45) is 1.88. The number of carboxylic acid groups (broad SMARTS) is 1. The van der Waals surface area contributed by atoms with Gasteiger partial charge < -0.3 is 54.4 Å². The number of aliphatic carboxylic acids is 1. The van der Waals surface area contributed by atoms with Gasteiger partial charge in [-0.05, 0) is 56.3 Å². The van der Waals surface area contributed by atoms with Crippen molar-refractivity contribution in [2.24, 2.45) is 27.9 Å². The number of unbranched alkanes of at least 4 members (excludes halogenated alkanes) is 1. The highest BCUT2D eigenvalue weighted by molar-refractivity contribution is 7.80. The predicted molar refractivity (Wildman–Crippen MR) is 163 cm³/mol. The van der Waals surface area contributed by atoms with E-state index in [1.54, 1.807) is 12.1 Å². The fourth-order valence-electron chi connectivity index (χ4n) is 3.76. The number of nitrogens with one attached hydrogen (secondary N) is 4. The number of nitrogens with zero attached hydrogens (tertiary/aromatic N) is 1. The van der Waals surface area contributed by atoms with Crippen LogP contribution in [-0.2, 0) is 30.4 Å². The second-order valence-electron chi connectivity index (χ2n) is 9.69. The molecule has 0 radical (unpaired) electrons. The lowest BCUT2D eigenvalue weighted by Gasteiger charge is -2.24. The molecule has 1 rings (SSSR count). The minimum atomic E-state index is -1.31. The van der Waals surface area contributed by atoms with Gasteiger partial charge in [0, 0.05) is 18.7 Å². The van der Waals surface area contributed by atoms with Crippen LogP contribution in [0.25, 0.3) is 0 Å². The molecule has 1 aromatic rings. The number of carbonyl (C=O) groups is 5. The summed E-state index contributed by atoms with van der Waals surface area (Å²) in [6, 6.07) is 1.35. The number of aromatic hydroxyl groups is 1. The molecule has 0 fully saturated rings. The average molecular weight is 626 g/mol. The molecule has 16 nitrogen and oxygen atoms in total. The molecule has 0 aliphatic rings. The molecule has 4 amide bonds. The van der Waals surface area contributed by atoms with Gasteiger partial charge in [-0.2, -0.15) is 12.6 Å². The van der Waals surface area contributed by atoms with Gasteiger partial charge in [-0.25, -0.2) is 4.79 Å². The van der Waals surface area contributed by atoms with Crippen LogP contribution in [-0.4, -0.2) is 95.3 Å². The molecule has 14 N–H and O–H groups in total. The Kier molecular flexibility index (Phi) is 17.1. The maximum absolute atomic E-state index is 13.3. The largest absolute Gasteiger partial charge is 0.508 e. The minimum absolute atomic E-state index is 0.00327. The summed E-state index contributed by atoms with van der Waals surface area (Å²) < 4.78 is 0. The van der Waals surface area contributed by atoms with Gasteiger partial charge in [-0.15, -0.1) is 0 Å². The monoisotopic (exact) mass is 625 g/mol. The molecule has 0 bridgehead atoms. The minimum Gasteiger partial charge on any atom is -0.508 e. The van der Waals surface area contributed by atoms with E-state index in [-0.39, 0.29) is 36.7 Å². The number of benzene rings is 1. The van der Waals surface area contributed by atoms with Crippen LogP contribution in [0, 0.1) is 0 Å². The van der Waals surface area contributed by atoms with Gasteiger partial charge >= 0.3 is 5.97 Å². The average Bonchev–Trinajstić information content (AvgIpc) is 2.96. The summed E-state index contributed by atoms with van der Waals surface area (Å²) in [7, 11) is 0. The summed E-state index contributed by atoms with van der Waals surface area (Å²) in [5.74, 6) is -4.31. The quantitative estimate of drug-likeness (QED) is 0.0301. The molecule has 0 spiro atoms. The van der Waals surface area contributed by atoms with E-state index in [1.165, 1.54) is 12.1 Å². The second kappa shape index (κ2) is 19.9. The highest BCUT2D eigenvalue weighted by atomic mass is 32.1. The fraction of sp³-hybridized carbons (Fsp3) is 0.538. The van der Waals surface area contributed by atoms with Gasteiger partial charge in [-0.3, -0.25) is 24.2 Å². The van der Waals surface area contributed by atoms with Crippen molar-refractivity contribution in [3.63, 3.8) is 0 Å². The van der Waals surface area contributed by atoms with Crippen LogP contribution in [0.1, 0.15) is 37.7 Å². The van der Waals surface area contributed by atoms with Crippen LogP contribution < -0.4 is 44.2 Å². The van der Waals surface area contributed by atoms with Crippen LogP contribution in [0.2, 0.25) is 0 Å². The Balaban J connectivity index is 2.94. The van der Waals surface area contributed by atoms with E-state index >= 15 is 0 Å². The molecule has 43 heavy (non-hydrogen) atoms. The molecule has 1 aromatic carbocycles. The third kappa shape index (κ3) is 15.1. The van der Waals surface area contributed by atoms with E-state index in [0.717, 1.165) is 0 Å². The first-order valence-corrected chi connectivity index (χ1v) is 14.3. The molecule has 0 saturated heterocycles. The maximum Gasteiger partial charge on any atom is 0.327 e. The third-order valence-corrected chi connectivity index (χ3v) is 6.50. The van der Waals surface area contributed by atoms with Crippen LogP contribution in [0.5, 0.6) is 5.75 Å². The number of guanidine groups is 1. The first kappa shape index (κ1) is 36.9. The van der Waals surface area contributed by atoms with E-state index < -0.39 is 60.3 Å². The smallest absolute Gasteiger partial charge is 0.327 e. The Hall–Kier alpha value is -4.09. The molecular weight excluding hydrogens is 582 g/mol. The van der Waals surface area contributed by atoms with E-state index in [2.05, 4.69) is 38.9 Å². The van der Waals surface area contributed by atoms with Gasteiger partial charge in [-0.1, -0.05) is 12.1 Å². The summed E-state index contributed by atoms with van der Waals surface area (Å²) in [4.78, 5) is 66.5. The van der Waals surface area contributed by atoms with Crippen molar-refractivity contribution in [1.82, 2.24) is 21.3 Å². The third-order valence-electron chi connectivity index (χ3n) is 6.13. The Morgan fingerprint density at radius 2 is 1.49 bits per heavy atom. The van der Waals surface area contributed by atoms with Crippen LogP contribution in [0.4, 0.5) is 0 Å². The zero-order chi connectivity index (χ0) is 32.4. The molecule has 0 aliphatic carbocycles. The first-order chi connectivity index (χ1) is 20.4. The Bertz CT molecular complexity index is 1100. The van der Waals surface area contributed by atoms with Crippen molar-refractivity contribution in [1.29, 1.82) is 0 Å². The van der Waals surface area contributed by atoms with Gasteiger partial charge in [0.2, 0.25) is 23.6 Å². The Labute approximate surface area is 255 Å². The number of nitrogens with two attached hydrogens (primary N) is 4. The van der Waals surface area contributed by atoms with Crippen molar-refractivity contribution in [3.05, 3.63) is 29.8 Å². The summed E-state index contributed by atoms with van der Waals surface area (Å²) in [6.45, 7) is 0.188. The molecule has 0 saturated carbocycles. The first-order valence-electron chi connectivity index (χ1n) is 13.7. The number of aliphatic imine (C=N–C) groups is 1. The summed E-state index contributed by atoms with van der Waals surface area (Å²) in [5, 5.41) is 28.8. The number of thiol groups is 1. The van der Waals surface area contributed by atoms with Crippen LogP contribution >= 0.6 is 12.6 Å². The topological polar surface area (TPSA) is 290 Å². The van der Waals surface area contributed by atoms with Crippen molar-refractivity contribution < 1.29 is 34.2 Å². The molecule has 0 aromatic heterocycles. The lowest BCUT2D eigenvalue weighted by atomic mass is 10.0. The van der Waals surface area contributed by atoms with Crippen molar-refractivity contribution in [2.45, 2.75) is 62.7 Å². The number of amides is 4. The second-order valence-corrected chi connectivity index (χ2v) is 10.1. The number of phenolic OH excluding ortho intramolecular Hbond substituents is 1. The molecule has 0 aliphatic heterocycles. The normalized spacial score (nSPS) is 13.5. The Morgan fingerprint density at radius 1 is 0.860 bits per heavy atom. The van der Waals surface area contributed by atoms with Gasteiger partial charge in [0.25, 0.3) is 0 Å². The van der Waals surface area contributed by atoms with Crippen molar-refractivity contribution >= 4 is 48.2 Å². The molecule has 240 valence electrons.